The van der Waals surface area contributed by atoms with Crippen LogP contribution in [-0.4, -0.2) is 48.8 Å². The standard InChI is InChI=1S/C20H22F2N8O/c1-12(31)15-11-24-19(28-16-6-3-7-20(21,22)17(16)23)29-18(15)27-13-4-2-5-14(10-13)30-25-8-9-26-30/h2,4-5,8-11,16-17H,3,6-7,23H2,1H3,(H2,24,27,28,29)/t16-,17-/m1/s1. The fourth-order valence-electron chi connectivity index (χ4n) is 3.52. The predicted molar refractivity (Wildman–Crippen MR) is 111 cm³/mol. The second-order valence-electron chi connectivity index (χ2n) is 7.44. The molecular formula is C20H22F2N8O. The summed E-state index contributed by atoms with van der Waals surface area (Å²) in [4.78, 5) is 22.0. The second kappa shape index (κ2) is 8.34. The molecule has 9 nitrogen and oxygen atoms in total. The molecule has 0 saturated heterocycles. The zero-order valence-electron chi connectivity index (χ0n) is 16.8. The molecular weight excluding hydrogens is 406 g/mol. The van der Waals surface area contributed by atoms with Crippen LogP contribution in [0.3, 0.4) is 0 Å². The van der Waals surface area contributed by atoms with Gasteiger partial charge in [-0.25, -0.2) is 13.8 Å². The van der Waals surface area contributed by atoms with Gasteiger partial charge in [0.25, 0.3) is 5.92 Å². The molecule has 1 fully saturated rings. The van der Waals surface area contributed by atoms with Crippen LogP contribution in [0, 0.1) is 0 Å². The Hall–Kier alpha value is -3.47. The Balaban J connectivity index is 1.60. The summed E-state index contributed by atoms with van der Waals surface area (Å²) in [7, 11) is 0. The van der Waals surface area contributed by atoms with Crippen molar-refractivity contribution in [2.24, 2.45) is 5.73 Å². The Kier molecular flexibility index (Phi) is 5.59. The number of nitrogens with one attached hydrogen (secondary N) is 2. The first-order valence-electron chi connectivity index (χ1n) is 9.85. The summed E-state index contributed by atoms with van der Waals surface area (Å²) in [5, 5.41) is 14.2. The molecule has 11 heteroatoms. The summed E-state index contributed by atoms with van der Waals surface area (Å²) >= 11 is 0. The summed E-state index contributed by atoms with van der Waals surface area (Å²) in [5.74, 6) is -2.81. The summed E-state index contributed by atoms with van der Waals surface area (Å²) in [6, 6.07) is 5.20. The van der Waals surface area contributed by atoms with Crippen LogP contribution in [-0.2, 0) is 0 Å². The monoisotopic (exact) mass is 428 g/mol. The molecule has 31 heavy (non-hydrogen) atoms. The Morgan fingerprint density at radius 2 is 2.06 bits per heavy atom. The molecule has 162 valence electrons. The van der Waals surface area contributed by atoms with Crippen LogP contribution in [0.15, 0.2) is 42.9 Å². The van der Waals surface area contributed by atoms with Gasteiger partial charge < -0.3 is 16.4 Å². The number of Topliss-reactive ketones (excluding diaryl/α,β-unsaturated/α-hetero) is 1. The number of hydrogen-bond donors (Lipinski definition) is 3. The van der Waals surface area contributed by atoms with Gasteiger partial charge in [-0.15, -0.1) is 0 Å². The summed E-state index contributed by atoms with van der Waals surface area (Å²) in [6.07, 6.45) is 5.10. The van der Waals surface area contributed by atoms with Crippen molar-refractivity contribution >= 4 is 23.2 Å². The third-order valence-electron chi connectivity index (χ3n) is 5.19. The number of benzene rings is 1. The van der Waals surface area contributed by atoms with Gasteiger partial charge in [-0.05, 0) is 38.0 Å². The average molecular weight is 428 g/mol. The van der Waals surface area contributed by atoms with E-state index in [1.54, 1.807) is 30.6 Å². The average Bonchev–Trinajstić information content (AvgIpc) is 3.27. The topological polar surface area (TPSA) is 124 Å². The molecule has 0 aliphatic heterocycles. The fourth-order valence-corrected chi connectivity index (χ4v) is 3.52. The van der Waals surface area contributed by atoms with Crippen molar-refractivity contribution in [1.82, 2.24) is 25.0 Å². The maximum atomic E-state index is 14.0. The van der Waals surface area contributed by atoms with E-state index in [1.807, 2.05) is 6.07 Å². The number of ketones is 1. The van der Waals surface area contributed by atoms with Gasteiger partial charge in [0.2, 0.25) is 5.95 Å². The van der Waals surface area contributed by atoms with E-state index in [1.165, 1.54) is 17.9 Å². The zero-order chi connectivity index (χ0) is 22.0. The number of carbonyl (C=O) groups is 1. The summed E-state index contributed by atoms with van der Waals surface area (Å²) in [6.45, 7) is 1.40. The van der Waals surface area contributed by atoms with Crippen molar-refractivity contribution in [2.75, 3.05) is 10.6 Å². The highest BCUT2D eigenvalue weighted by Gasteiger charge is 2.44. The SMILES string of the molecule is CC(=O)c1cnc(N[C@@H]2CCCC(F)(F)[C@@H]2N)nc1Nc1cccc(-n2nccn2)c1. The third-order valence-corrected chi connectivity index (χ3v) is 5.19. The van der Waals surface area contributed by atoms with E-state index < -0.39 is 18.0 Å². The van der Waals surface area contributed by atoms with E-state index in [2.05, 4.69) is 30.8 Å². The van der Waals surface area contributed by atoms with E-state index in [4.69, 9.17) is 5.73 Å². The zero-order valence-corrected chi connectivity index (χ0v) is 16.8. The van der Waals surface area contributed by atoms with Gasteiger partial charge >= 0.3 is 0 Å². The van der Waals surface area contributed by atoms with Gasteiger partial charge in [0.1, 0.15) is 5.82 Å². The van der Waals surface area contributed by atoms with E-state index in [9.17, 15) is 13.6 Å². The van der Waals surface area contributed by atoms with E-state index >= 15 is 0 Å². The number of carbonyl (C=O) groups excluding carboxylic acids is 1. The van der Waals surface area contributed by atoms with Crippen LogP contribution in [0.25, 0.3) is 5.69 Å². The minimum absolute atomic E-state index is 0.121. The van der Waals surface area contributed by atoms with E-state index in [-0.39, 0.29) is 29.5 Å². The second-order valence-corrected chi connectivity index (χ2v) is 7.44. The minimum Gasteiger partial charge on any atom is -0.350 e. The molecule has 1 aliphatic carbocycles. The lowest BCUT2D eigenvalue weighted by molar-refractivity contribution is -0.0555. The van der Waals surface area contributed by atoms with E-state index in [0.717, 1.165) is 0 Å². The number of anilines is 3. The number of nitrogens with zero attached hydrogens (tertiary/aromatic N) is 5. The molecule has 0 spiro atoms. The molecule has 1 aliphatic rings. The van der Waals surface area contributed by atoms with Gasteiger partial charge in [0, 0.05) is 18.3 Å². The maximum Gasteiger partial charge on any atom is 0.264 e. The van der Waals surface area contributed by atoms with Crippen molar-refractivity contribution in [2.45, 2.75) is 44.2 Å². The van der Waals surface area contributed by atoms with Gasteiger partial charge in [-0.2, -0.15) is 20.0 Å². The highest BCUT2D eigenvalue weighted by Crippen LogP contribution is 2.33. The highest BCUT2D eigenvalue weighted by molar-refractivity contribution is 5.99. The molecule has 1 aromatic carbocycles. The first kappa shape index (κ1) is 20.8. The Labute approximate surface area is 177 Å². The van der Waals surface area contributed by atoms with Crippen LogP contribution in [0.4, 0.5) is 26.2 Å². The van der Waals surface area contributed by atoms with Crippen molar-refractivity contribution in [3.63, 3.8) is 0 Å². The quantitative estimate of drug-likeness (QED) is 0.512. The molecule has 3 aromatic rings. The molecule has 2 atom stereocenters. The van der Waals surface area contributed by atoms with Gasteiger partial charge in [-0.1, -0.05) is 6.07 Å². The highest BCUT2D eigenvalue weighted by atomic mass is 19.3. The largest absolute Gasteiger partial charge is 0.350 e. The summed E-state index contributed by atoms with van der Waals surface area (Å²) < 4.78 is 27.9. The van der Waals surface area contributed by atoms with Crippen LogP contribution in [0.5, 0.6) is 0 Å². The number of alkyl halides is 2. The number of aromatic nitrogens is 5. The van der Waals surface area contributed by atoms with Crippen molar-refractivity contribution in [1.29, 1.82) is 0 Å². The molecule has 4 rings (SSSR count). The van der Waals surface area contributed by atoms with Crippen LogP contribution < -0.4 is 16.4 Å². The maximum absolute atomic E-state index is 14.0. The third kappa shape index (κ3) is 4.50. The van der Waals surface area contributed by atoms with Crippen LogP contribution >= 0.6 is 0 Å². The molecule has 0 unspecified atom stereocenters. The molecule has 2 heterocycles. The smallest absolute Gasteiger partial charge is 0.264 e. The molecule has 0 bridgehead atoms. The molecule has 4 N–H and O–H groups in total. The minimum atomic E-state index is -2.95. The van der Waals surface area contributed by atoms with Gasteiger partial charge in [0.05, 0.1) is 35.7 Å². The number of rotatable bonds is 6. The van der Waals surface area contributed by atoms with Crippen molar-refractivity contribution in [3.8, 4) is 5.69 Å². The van der Waals surface area contributed by atoms with E-state index in [0.29, 0.717) is 24.2 Å². The van der Waals surface area contributed by atoms with Gasteiger partial charge in [0.15, 0.2) is 5.78 Å². The van der Waals surface area contributed by atoms with Gasteiger partial charge in [-0.3, -0.25) is 4.79 Å². The molecule has 0 radical (unpaired) electrons. The Bertz CT molecular complexity index is 1070. The first-order chi connectivity index (χ1) is 14.8. The van der Waals surface area contributed by atoms with Crippen LogP contribution in [0.2, 0.25) is 0 Å². The normalized spacial score (nSPS) is 20.3. The lowest BCUT2D eigenvalue weighted by Gasteiger charge is -2.35. The number of halogens is 2. The van der Waals surface area contributed by atoms with Crippen LogP contribution in [0.1, 0.15) is 36.5 Å². The molecule has 0 amide bonds. The molecule has 2 aromatic heterocycles. The lowest BCUT2D eigenvalue weighted by Crippen LogP contribution is -2.55. The lowest BCUT2D eigenvalue weighted by atomic mass is 9.87. The Morgan fingerprint density at radius 3 is 2.81 bits per heavy atom. The fraction of sp³-hybridized carbons (Fsp3) is 0.350. The Morgan fingerprint density at radius 1 is 1.29 bits per heavy atom. The van der Waals surface area contributed by atoms with Crippen molar-refractivity contribution in [3.05, 3.63) is 48.4 Å². The van der Waals surface area contributed by atoms with Crippen molar-refractivity contribution < 1.29 is 13.6 Å². The number of hydrogen-bond acceptors (Lipinski definition) is 8. The summed E-state index contributed by atoms with van der Waals surface area (Å²) in [5.41, 5.74) is 7.38. The predicted octanol–water partition coefficient (Wildman–Crippen LogP) is 2.93. The first-order valence-corrected chi connectivity index (χ1v) is 9.85. The molecule has 1 saturated carbocycles. The number of nitrogens with two attached hydrogens (primary N) is 1.